The minimum absolute atomic E-state index is 0.347. The summed E-state index contributed by atoms with van der Waals surface area (Å²) >= 11 is 1.51. The minimum Gasteiger partial charge on any atom is -0.401 e. The van der Waals surface area contributed by atoms with Gasteiger partial charge in [-0.1, -0.05) is 44.2 Å². The molecular formula is C23H21NO2S. The first-order chi connectivity index (χ1) is 12.9. The molecule has 27 heavy (non-hydrogen) atoms. The maximum atomic E-state index is 12.3. The van der Waals surface area contributed by atoms with E-state index in [4.69, 9.17) is 4.74 Å². The molecule has 0 atom stereocenters. The summed E-state index contributed by atoms with van der Waals surface area (Å²) in [4.78, 5) is 17.6. The monoisotopic (exact) mass is 375 g/mol. The highest BCUT2D eigenvalue weighted by Gasteiger charge is 2.26. The number of aryl methyl sites for hydroxylation is 2. The van der Waals surface area contributed by atoms with E-state index in [0.717, 1.165) is 10.4 Å². The average Bonchev–Trinajstić information content (AvgIpc) is 3.29. The number of nitrogens with zero attached hydrogens (tertiary/aromatic N) is 1. The molecule has 1 aromatic rings. The van der Waals surface area contributed by atoms with Crippen molar-refractivity contribution in [2.45, 2.75) is 33.6 Å². The summed E-state index contributed by atoms with van der Waals surface area (Å²) < 4.78 is 5.36. The third-order valence-corrected chi connectivity index (χ3v) is 5.76. The fourth-order valence-corrected chi connectivity index (χ4v) is 4.07. The average molecular weight is 375 g/mol. The lowest BCUT2D eigenvalue weighted by molar-refractivity contribution is -0.129. The van der Waals surface area contributed by atoms with Gasteiger partial charge in [0.2, 0.25) is 5.90 Å². The summed E-state index contributed by atoms with van der Waals surface area (Å²) in [6, 6.07) is 12.6. The predicted molar refractivity (Wildman–Crippen MR) is 112 cm³/mol. The number of cyclic esters (lactones) is 1. The van der Waals surface area contributed by atoms with Crippen LogP contribution in [-0.2, 0) is 9.53 Å². The van der Waals surface area contributed by atoms with Gasteiger partial charge < -0.3 is 4.74 Å². The fraction of sp³-hybridized carbons (Fsp3) is 0.217. The molecule has 4 rings (SSSR count). The molecule has 2 aliphatic carbocycles. The molecule has 0 fully saturated rings. The predicted octanol–water partition coefficient (Wildman–Crippen LogP) is 5.94. The van der Waals surface area contributed by atoms with Crippen molar-refractivity contribution in [2.24, 2.45) is 4.99 Å². The molecule has 136 valence electrons. The van der Waals surface area contributed by atoms with Crippen molar-refractivity contribution in [3.8, 4) is 11.1 Å². The number of rotatable bonds is 3. The van der Waals surface area contributed by atoms with Crippen LogP contribution >= 0.6 is 11.3 Å². The smallest absolute Gasteiger partial charge is 0.363 e. The molecule has 3 nitrogen and oxygen atoms in total. The molecule has 3 aliphatic rings. The molecule has 0 bridgehead atoms. The van der Waals surface area contributed by atoms with Crippen molar-refractivity contribution in [3.63, 3.8) is 0 Å². The van der Waals surface area contributed by atoms with Gasteiger partial charge in [-0.05, 0) is 70.7 Å². The lowest BCUT2D eigenvalue weighted by atomic mass is 10.0. The summed E-state index contributed by atoms with van der Waals surface area (Å²) in [5.41, 5.74) is 7.44. The number of esters is 1. The van der Waals surface area contributed by atoms with Gasteiger partial charge in [0.05, 0.1) is 4.88 Å². The summed E-state index contributed by atoms with van der Waals surface area (Å²) in [6.07, 6.45) is 1.85. The molecule has 1 aliphatic heterocycles. The van der Waals surface area contributed by atoms with Crippen LogP contribution in [0.25, 0.3) is 17.2 Å². The summed E-state index contributed by atoms with van der Waals surface area (Å²) in [6.45, 7) is 8.63. The highest BCUT2D eigenvalue weighted by Crippen LogP contribution is 2.37. The molecule has 0 saturated heterocycles. The first-order valence-electron chi connectivity index (χ1n) is 9.04. The van der Waals surface area contributed by atoms with E-state index in [1.165, 1.54) is 39.2 Å². The van der Waals surface area contributed by atoms with Crippen LogP contribution in [0, 0.1) is 13.8 Å². The van der Waals surface area contributed by atoms with E-state index in [0.29, 0.717) is 17.5 Å². The van der Waals surface area contributed by atoms with Gasteiger partial charge in [0, 0.05) is 0 Å². The second-order valence-electron chi connectivity index (χ2n) is 7.20. The van der Waals surface area contributed by atoms with Crippen LogP contribution in [0.4, 0.5) is 0 Å². The van der Waals surface area contributed by atoms with E-state index < -0.39 is 5.97 Å². The largest absolute Gasteiger partial charge is 0.401 e. The van der Waals surface area contributed by atoms with Gasteiger partial charge in [0.1, 0.15) is 0 Å². The fourth-order valence-electron chi connectivity index (χ4n) is 3.42. The van der Waals surface area contributed by atoms with Crippen molar-refractivity contribution in [1.29, 1.82) is 0 Å². The van der Waals surface area contributed by atoms with E-state index in [9.17, 15) is 4.79 Å². The number of hydrogen-bond donors (Lipinski definition) is 0. The number of fused-ring (bicyclic) bond motifs is 1. The van der Waals surface area contributed by atoms with E-state index in [1.807, 2.05) is 23.6 Å². The topological polar surface area (TPSA) is 38.7 Å². The Kier molecular flexibility index (Phi) is 4.44. The molecule has 0 unspecified atom stereocenters. The van der Waals surface area contributed by atoms with Gasteiger partial charge in [-0.15, -0.1) is 11.3 Å². The van der Waals surface area contributed by atoms with Gasteiger partial charge in [0.25, 0.3) is 0 Å². The SMILES string of the molecule is Cc1cc(/C=C2\N=C(c3cccs3)OC2=O)c2c(C)ccc(C(C)C)cc1-2. The molecule has 0 saturated carbocycles. The van der Waals surface area contributed by atoms with Crippen molar-refractivity contribution < 1.29 is 9.53 Å². The molecule has 0 amide bonds. The van der Waals surface area contributed by atoms with Gasteiger partial charge in [-0.2, -0.15) is 0 Å². The molecular weight excluding hydrogens is 354 g/mol. The Labute approximate surface area is 163 Å². The van der Waals surface area contributed by atoms with E-state index >= 15 is 0 Å². The van der Waals surface area contributed by atoms with Crippen molar-refractivity contribution >= 4 is 29.3 Å². The zero-order valence-electron chi connectivity index (χ0n) is 15.9. The lowest BCUT2D eigenvalue weighted by Gasteiger charge is -2.04. The van der Waals surface area contributed by atoms with E-state index in [-0.39, 0.29) is 0 Å². The molecule has 0 N–H and O–H groups in total. The molecule has 4 heteroatoms. The summed E-state index contributed by atoms with van der Waals surface area (Å²) in [5.74, 6) is 0.448. The van der Waals surface area contributed by atoms with E-state index in [2.05, 4.69) is 57.0 Å². The Morgan fingerprint density at radius 2 is 1.93 bits per heavy atom. The Morgan fingerprint density at radius 1 is 1.11 bits per heavy atom. The first kappa shape index (κ1) is 17.7. The van der Waals surface area contributed by atoms with Crippen LogP contribution in [0.5, 0.6) is 0 Å². The van der Waals surface area contributed by atoms with Crippen LogP contribution in [0.1, 0.15) is 46.9 Å². The Bertz CT molecular complexity index is 1060. The van der Waals surface area contributed by atoms with E-state index in [1.54, 1.807) is 0 Å². The second-order valence-corrected chi connectivity index (χ2v) is 8.15. The molecule has 0 aromatic carbocycles. The lowest BCUT2D eigenvalue weighted by Crippen LogP contribution is -2.03. The number of aliphatic imine (C=N–C) groups is 1. The minimum atomic E-state index is -0.397. The highest BCUT2D eigenvalue weighted by atomic mass is 32.1. The number of carbonyl (C=O) groups is 1. The Balaban J connectivity index is 1.82. The van der Waals surface area contributed by atoms with Gasteiger partial charge >= 0.3 is 5.97 Å². The second kappa shape index (κ2) is 6.78. The van der Waals surface area contributed by atoms with Crippen LogP contribution in [0.2, 0.25) is 0 Å². The third-order valence-electron chi connectivity index (χ3n) is 4.90. The number of thiophene rings is 1. The van der Waals surface area contributed by atoms with Crippen LogP contribution in [0.15, 0.2) is 52.5 Å². The molecule has 2 heterocycles. The van der Waals surface area contributed by atoms with Gasteiger partial charge in [0.15, 0.2) is 5.70 Å². The van der Waals surface area contributed by atoms with Crippen molar-refractivity contribution in [3.05, 3.63) is 74.6 Å². The maximum Gasteiger partial charge on any atom is 0.363 e. The number of hydrogen-bond acceptors (Lipinski definition) is 4. The highest BCUT2D eigenvalue weighted by molar-refractivity contribution is 7.12. The maximum absolute atomic E-state index is 12.3. The molecule has 0 spiro atoms. The quantitative estimate of drug-likeness (QED) is 0.420. The first-order valence-corrected chi connectivity index (χ1v) is 9.92. The summed E-state index contributed by atoms with van der Waals surface area (Å²) in [5, 5.41) is 1.94. The van der Waals surface area contributed by atoms with Gasteiger partial charge in [-0.25, -0.2) is 9.79 Å². The normalized spacial score (nSPS) is 15.7. The standard InChI is InChI=1S/C23H21NO2S/c1-13(2)16-8-7-14(3)21-17(10-15(4)18(21)11-16)12-19-23(25)26-22(24-19)20-6-5-9-27-20/h5-13H,1-4H3/b19-12-. The van der Waals surface area contributed by atoms with Crippen LogP contribution < -0.4 is 0 Å². The van der Waals surface area contributed by atoms with Crippen molar-refractivity contribution in [2.75, 3.05) is 0 Å². The zero-order valence-corrected chi connectivity index (χ0v) is 16.7. The Morgan fingerprint density at radius 3 is 2.63 bits per heavy atom. The molecule has 0 radical (unpaired) electrons. The number of carbonyl (C=O) groups excluding carboxylic acids is 1. The summed E-state index contributed by atoms with van der Waals surface area (Å²) in [7, 11) is 0. The van der Waals surface area contributed by atoms with Crippen LogP contribution in [0.3, 0.4) is 0 Å². The Hall–Kier alpha value is -2.72. The van der Waals surface area contributed by atoms with Crippen molar-refractivity contribution in [1.82, 2.24) is 0 Å². The molecule has 1 aromatic heterocycles. The van der Waals surface area contributed by atoms with Crippen LogP contribution in [-0.4, -0.2) is 11.9 Å². The van der Waals surface area contributed by atoms with Gasteiger partial charge in [-0.3, -0.25) is 0 Å². The zero-order chi connectivity index (χ0) is 19.1. The number of ether oxygens (including phenoxy) is 1. The third kappa shape index (κ3) is 3.21.